The highest BCUT2D eigenvalue weighted by atomic mass is 32.1. The van der Waals surface area contributed by atoms with Crippen LogP contribution in [-0.2, 0) is 22.4 Å². The van der Waals surface area contributed by atoms with Crippen molar-refractivity contribution in [3.05, 3.63) is 39.0 Å². The van der Waals surface area contributed by atoms with Crippen LogP contribution < -0.4 is 0 Å². The van der Waals surface area contributed by atoms with Crippen LogP contribution in [0.25, 0.3) is 10.2 Å². The maximum absolute atomic E-state index is 12.4. The Hall–Kier alpha value is -2.05. The number of hydrogen-bond acceptors (Lipinski definition) is 5. The number of aryl methyl sites for hydroxylation is 3. The van der Waals surface area contributed by atoms with Crippen LogP contribution in [0.5, 0.6) is 0 Å². The summed E-state index contributed by atoms with van der Waals surface area (Å²) in [4.78, 5) is 24.2. The monoisotopic (exact) mass is 426 g/mol. The molecule has 0 radical (unpaired) electrons. The molecule has 0 saturated carbocycles. The molecule has 5 nitrogen and oxygen atoms in total. The average Bonchev–Trinajstić information content (AvgIpc) is 3.02. The molecule has 4 rings (SSSR count). The number of fused-ring (bicyclic) bond motifs is 3. The predicted octanol–water partition coefficient (Wildman–Crippen LogP) is 5.89. The number of ether oxygens (including phenoxy) is 1. The maximum atomic E-state index is 12.4. The van der Waals surface area contributed by atoms with Gasteiger partial charge in [0, 0.05) is 39.4 Å². The molecule has 2 unspecified atom stereocenters. The first kappa shape index (κ1) is 21.2. The zero-order valence-corrected chi connectivity index (χ0v) is 19.2. The lowest BCUT2D eigenvalue weighted by molar-refractivity contribution is -0.160. The molecular formula is C24H30N2O3S. The second-order valence-corrected chi connectivity index (χ2v) is 10.4. The molecule has 0 aromatic carbocycles. The normalized spacial score (nSPS) is 20.2. The van der Waals surface area contributed by atoms with Gasteiger partial charge in [0.1, 0.15) is 4.83 Å². The van der Waals surface area contributed by atoms with E-state index in [0.717, 1.165) is 46.6 Å². The van der Waals surface area contributed by atoms with E-state index in [2.05, 4.69) is 11.1 Å². The number of carboxylic acids is 1. The number of aliphatic carboxylic acids is 1. The van der Waals surface area contributed by atoms with Crippen LogP contribution >= 0.6 is 11.3 Å². The summed E-state index contributed by atoms with van der Waals surface area (Å²) in [6, 6.07) is 0. The van der Waals surface area contributed by atoms with Crippen molar-refractivity contribution in [2.45, 2.75) is 84.3 Å². The molecule has 0 amide bonds. The molecule has 0 saturated heterocycles. The number of aliphatic imine (C=N–C) groups is 1. The van der Waals surface area contributed by atoms with Gasteiger partial charge in [-0.2, -0.15) is 0 Å². The number of thiophene rings is 1. The van der Waals surface area contributed by atoms with Gasteiger partial charge in [0.05, 0.1) is 5.60 Å². The van der Waals surface area contributed by atoms with Crippen LogP contribution in [0.15, 0.2) is 16.8 Å². The van der Waals surface area contributed by atoms with Crippen LogP contribution in [0.4, 0.5) is 0 Å². The van der Waals surface area contributed by atoms with Crippen LogP contribution in [0.1, 0.15) is 86.2 Å². The Morgan fingerprint density at radius 3 is 2.67 bits per heavy atom. The number of hydrogen-bond donors (Lipinski definition) is 1. The standard InChI is InChI=1S/C24H30N2O3S/c1-13-12-15(10-11-25-13)19-18(21(23(27)28)29-24(3,4)5)14(2)26-22-20(19)16-8-6-7-9-17(16)30-22/h11-12,15,21H,6-10H2,1-5H3,(H,27,28). The molecule has 30 heavy (non-hydrogen) atoms. The minimum Gasteiger partial charge on any atom is -0.479 e. The van der Waals surface area contributed by atoms with Gasteiger partial charge in [0.15, 0.2) is 6.10 Å². The van der Waals surface area contributed by atoms with E-state index in [1.165, 1.54) is 28.7 Å². The highest BCUT2D eigenvalue weighted by Crippen LogP contribution is 2.45. The van der Waals surface area contributed by atoms with Crippen LogP contribution in [0, 0.1) is 6.92 Å². The van der Waals surface area contributed by atoms with Crippen LogP contribution in [0.2, 0.25) is 0 Å². The molecule has 1 N–H and O–H groups in total. The summed E-state index contributed by atoms with van der Waals surface area (Å²) in [6.45, 7) is 9.61. The van der Waals surface area contributed by atoms with Crippen LogP contribution in [0.3, 0.4) is 0 Å². The van der Waals surface area contributed by atoms with Crippen LogP contribution in [-0.4, -0.2) is 27.9 Å². The van der Waals surface area contributed by atoms with Gasteiger partial charge < -0.3 is 9.84 Å². The minimum atomic E-state index is -1.05. The Morgan fingerprint density at radius 2 is 2.00 bits per heavy atom. The predicted molar refractivity (Wildman–Crippen MR) is 122 cm³/mol. The van der Waals surface area contributed by atoms with Gasteiger partial charge >= 0.3 is 5.97 Å². The number of rotatable bonds is 4. The zero-order chi connectivity index (χ0) is 21.6. The van der Waals surface area contributed by atoms with Crippen molar-refractivity contribution in [3.63, 3.8) is 0 Å². The Kier molecular flexibility index (Phi) is 5.58. The fourth-order valence-corrected chi connectivity index (χ4v) is 5.99. The third-order valence-electron chi connectivity index (χ3n) is 5.80. The Balaban J connectivity index is 2.03. The summed E-state index contributed by atoms with van der Waals surface area (Å²) in [6.07, 6.45) is 8.33. The van der Waals surface area contributed by atoms with E-state index in [1.807, 2.05) is 40.8 Å². The van der Waals surface area contributed by atoms with Crippen molar-refractivity contribution >= 4 is 33.7 Å². The first-order valence-electron chi connectivity index (χ1n) is 10.7. The second kappa shape index (κ2) is 7.89. The van der Waals surface area contributed by atoms with E-state index >= 15 is 0 Å². The molecule has 6 heteroatoms. The van der Waals surface area contributed by atoms with Gasteiger partial charge in [0.2, 0.25) is 0 Å². The topological polar surface area (TPSA) is 71.8 Å². The van der Waals surface area contributed by atoms with Crippen molar-refractivity contribution < 1.29 is 14.6 Å². The van der Waals surface area contributed by atoms with Crippen molar-refractivity contribution in [2.75, 3.05) is 0 Å². The summed E-state index contributed by atoms with van der Waals surface area (Å²) in [5.41, 5.74) is 4.31. The van der Waals surface area contributed by atoms with Crippen molar-refractivity contribution in [2.24, 2.45) is 4.99 Å². The van der Waals surface area contributed by atoms with Gasteiger partial charge in [-0.25, -0.2) is 9.78 Å². The molecule has 0 bridgehead atoms. The number of pyridine rings is 1. The summed E-state index contributed by atoms with van der Waals surface area (Å²) >= 11 is 1.78. The number of carboxylic acid groups (broad SMARTS) is 1. The van der Waals surface area contributed by atoms with E-state index in [9.17, 15) is 9.90 Å². The van der Waals surface area contributed by atoms with E-state index in [1.54, 1.807) is 11.3 Å². The van der Waals surface area contributed by atoms with E-state index in [-0.39, 0.29) is 5.92 Å². The SMILES string of the molecule is CC1=CC(c2c(C(OC(C)(C)C)C(=O)O)c(C)nc3sc4c(c23)CCCC4)CC=N1. The fraction of sp³-hybridized carbons (Fsp3) is 0.542. The molecule has 1 aliphatic heterocycles. The number of carbonyl (C=O) groups is 1. The molecule has 2 aromatic rings. The minimum absolute atomic E-state index is 0.0766. The second-order valence-electron chi connectivity index (χ2n) is 9.33. The number of nitrogens with zero attached hydrogens (tertiary/aromatic N) is 2. The van der Waals surface area contributed by atoms with Gasteiger partial charge in [-0.1, -0.05) is 6.08 Å². The molecule has 160 valence electrons. The molecule has 2 aliphatic rings. The summed E-state index contributed by atoms with van der Waals surface area (Å²) in [5.74, 6) is -0.891. The summed E-state index contributed by atoms with van der Waals surface area (Å²) < 4.78 is 6.10. The molecule has 3 heterocycles. The van der Waals surface area contributed by atoms with Crippen molar-refractivity contribution in [3.8, 4) is 0 Å². The van der Waals surface area contributed by atoms with Crippen molar-refractivity contribution in [1.29, 1.82) is 0 Å². The molecule has 1 aliphatic carbocycles. The molecule has 2 aromatic heterocycles. The number of aromatic nitrogens is 1. The van der Waals surface area contributed by atoms with Gasteiger partial charge in [-0.05, 0) is 77.8 Å². The molecule has 2 atom stereocenters. The smallest absolute Gasteiger partial charge is 0.337 e. The van der Waals surface area contributed by atoms with E-state index in [4.69, 9.17) is 9.72 Å². The molecular weight excluding hydrogens is 396 g/mol. The summed E-state index contributed by atoms with van der Waals surface area (Å²) in [5, 5.41) is 11.3. The van der Waals surface area contributed by atoms with E-state index < -0.39 is 17.7 Å². The van der Waals surface area contributed by atoms with Gasteiger partial charge in [0.25, 0.3) is 0 Å². The Morgan fingerprint density at radius 1 is 1.27 bits per heavy atom. The summed E-state index contributed by atoms with van der Waals surface area (Å²) in [7, 11) is 0. The third kappa shape index (κ3) is 3.95. The maximum Gasteiger partial charge on any atom is 0.337 e. The largest absolute Gasteiger partial charge is 0.479 e. The van der Waals surface area contributed by atoms with E-state index in [0.29, 0.717) is 0 Å². The molecule has 0 spiro atoms. The number of allylic oxidation sites excluding steroid dienone is 2. The highest BCUT2D eigenvalue weighted by molar-refractivity contribution is 7.18. The Bertz CT molecular complexity index is 1060. The lowest BCUT2D eigenvalue weighted by Gasteiger charge is -2.30. The lowest BCUT2D eigenvalue weighted by atomic mass is 9.83. The zero-order valence-electron chi connectivity index (χ0n) is 18.4. The fourth-order valence-electron chi connectivity index (χ4n) is 4.67. The van der Waals surface area contributed by atoms with Crippen molar-refractivity contribution in [1.82, 2.24) is 4.98 Å². The van der Waals surface area contributed by atoms with Gasteiger partial charge in [-0.15, -0.1) is 11.3 Å². The lowest BCUT2D eigenvalue weighted by Crippen LogP contribution is -2.29. The first-order chi connectivity index (χ1) is 14.2. The van der Waals surface area contributed by atoms with Gasteiger partial charge in [-0.3, -0.25) is 4.99 Å². The Labute approximate surface area is 181 Å². The molecule has 0 fully saturated rings. The average molecular weight is 427 g/mol. The first-order valence-corrected chi connectivity index (χ1v) is 11.5. The quantitative estimate of drug-likeness (QED) is 0.662. The highest BCUT2D eigenvalue weighted by Gasteiger charge is 2.35. The third-order valence-corrected chi connectivity index (χ3v) is 6.98.